The maximum absolute atomic E-state index is 11.4. The molecule has 1 fully saturated rings. The Labute approximate surface area is 151 Å². The summed E-state index contributed by atoms with van der Waals surface area (Å²) in [6, 6.07) is 0. The Morgan fingerprint density at radius 2 is 2.12 bits per heavy atom. The van der Waals surface area contributed by atoms with Crippen molar-refractivity contribution in [1.29, 1.82) is 0 Å². The minimum Gasteiger partial charge on any atom is -0.481 e. The highest BCUT2D eigenvalue weighted by molar-refractivity contribution is 7.19. The lowest BCUT2D eigenvalue weighted by Gasteiger charge is -2.34. The zero-order valence-electron chi connectivity index (χ0n) is 14.5. The summed E-state index contributed by atoms with van der Waals surface area (Å²) in [5.41, 5.74) is 7.63. The zero-order chi connectivity index (χ0) is 17.6. The van der Waals surface area contributed by atoms with E-state index in [4.69, 9.17) is 10.7 Å². The Hall–Kier alpha value is -1.73. The first-order valence-corrected chi connectivity index (χ1v) is 9.84. The number of carboxylic acids is 1. The molecule has 2 aromatic rings. The third kappa shape index (κ3) is 3.22. The van der Waals surface area contributed by atoms with Crippen LogP contribution in [0.25, 0.3) is 10.2 Å². The molecule has 6 nitrogen and oxygen atoms in total. The van der Waals surface area contributed by atoms with Crippen molar-refractivity contribution in [3.8, 4) is 0 Å². The van der Waals surface area contributed by atoms with E-state index in [9.17, 15) is 9.90 Å². The van der Waals surface area contributed by atoms with Crippen molar-refractivity contribution in [2.45, 2.75) is 45.6 Å². The molecule has 2 aromatic heterocycles. The number of aromatic nitrogens is 2. The molecule has 0 spiro atoms. The van der Waals surface area contributed by atoms with Crippen LogP contribution in [0.5, 0.6) is 0 Å². The van der Waals surface area contributed by atoms with Gasteiger partial charge in [-0.15, -0.1) is 11.3 Å². The molecular weight excluding hydrogens is 336 g/mol. The Kier molecular flexibility index (Phi) is 4.37. The third-order valence-corrected chi connectivity index (χ3v) is 6.52. The SMILES string of the molecule is CC1CC(C(=O)O)CN(Cc2nc(N)c3c4c(sc3n2)CCCC4)C1. The Bertz CT molecular complexity index is 819. The molecule has 2 unspecified atom stereocenters. The van der Waals surface area contributed by atoms with Crippen LogP contribution < -0.4 is 5.73 Å². The van der Waals surface area contributed by atoms with Crippen molar-refractivity contribution >= 4 is 33.3 Å². The van der Waals surface area contributed by atoms with E-state index in [-0.39, 0.29) is 5.92 Å². The molecule has 0 radical (unpaired) electrons. The van der Waals surface area contributed by atoms with Crippen molar-refractivity contribution in [1.82, 2.24) is 14.9 Å². The number of carbonyl (C=O) groups is 1. The average molecular weight is 360 g/mol. The van der Waals surface area contributed by atoms with E-state index in [1.165, 1.54) is 23.3 Å². The number of nitrogens with two attached hydrogens (primary N) is 1. The van der Waals surface area contributed by atoms with Crippen molar-refractivity contribution < 1.29 is 9.90 Å². The summed E-state index contributed by atoms with van der Waals surface area (Å²) >= 11 is 1.75. The van der Waals surface area contributed by atoms with Gasteiger partial charge in [0.1, 0.15) is 16.5 Å². The summed E-state index contributed by atoms with van der Waals surface area (Å²) in [7, 11) is 0. The van der Waals surface area contributed by atoms with Crippen LogP contribution in [-0.4, -0.2) is 39.0 Å². The normalized spacial score (nSPS) is 24.4. The summed E-state index contributed by atoms with van der Waals surface area (Å²) < 4.78 is 0. The van der Waals surface area contributed by atoms with E-state index in [1.807, 2.05) is 0 Å². The van der Waals surface area contributed by atoms with E-state index in [0.29, 0.717) is 30.6 Å². The summed E-state index contributed by atoms with van der Waals surface area (Å²) in [4.78, 5) is 25.2. The average Bonchev–Trinajstić information content (AvgIpc) is 2.92. The molecule has 7 heteroatoms. The smallest absolute Gasteiger partial charge is 0.307 e. The third-order valence-electron chi connectivity index (χ3n) is 5.34. The number of hydrogen-bond acceptors (Lipinski definition) is 6. The lowest BCUT2D eigenvalue weighted by Crippen LogP contribution is -2.42. The number of fused-ring (bicyclic) bond motifs is 3. The molecule has 2 aliphatic rings. The molecule has 25 heavy (non-hydrogen) atoms. The minimum atomic E-state index is -0.710. The van der Waals surface area contributed by atoms with Gasteiger partial charge in [-0.05, 0) is 43.6 Å². The number of piperidine rings is 1. The highest BCUT2D eigenvalue weighted by Gasteiger charge is 2.30. The summed E-state index contributed by atoms with van der Waals surface area (Å²) in [6.07, 6.45) is 5.39. The first-order chi connectivity index (χ1) is 12.0. The monoisotopic (exact) mass is 360 g/mol. The zero-order valence-corrected chi connectivity index (χ0v) is 15.3. The molecule has 4 rings (SSSR count). The van der Waals surface area contributed by atoms with Gasteiger partial charge in [0.05, 0.1) is 17.8 Å². The quantitative estimate of drug-likeness (QED) is 0.874. The van der Waals surface area contributed by atoms with E-state index in [1.54, 1.807) is 11.3 Å². The van der Waals surface area contributed by atoms with Gasteiger partial charge in [-0.25, -0.2) is 9.97 Å². The summed E-state index contributed by atoms with van der Waals surface area (Å²) in [5.74, 6) is 0.642. The van der Waals surface area contributed by atoms with Crippen molar-refractivity contribution in [3.05, 3.63) is 16.3 Å². The number of thiophene rings is 1. The van der Waals surface area contributed by atoms with E-state index >= 15 is 0 Å². The lowest BCUT2D eigenvalue weighted by atomic mass is 9.90. The van der Waals surface area contributed by atoms with Crippen LogP contribution in [0, 0.1) is 11.8 Å². The number of anilines is 1. The van der Waals surface area contributed by atoms with Crippen LogP contribution in [0.3, 0.4) is 0 Å². The van der Waals surface area contributed by atoms with E-state index in [0.717, 1.165) is 36.0 Å². The number of likely N-dealkylation sites (tertiary alicyclic amines) is 1. The summed E-state index contributed by atoms with van der Waals surface area (Å²) in [6.45, 7) is 4.11. The molecule has 0 amide bonds. The molecule has 3 heterocycles. The Morgan fingerprint density at radius 3 is 2.92 bits per heavy atom. The molecule has 1 aliphatic carbocycles. The molecule has 1 saturated heterocycles. The van der Waals surface area contributed by atoms with Gasteiger partial charge in [0.15, 0.2) is 0 Å². The molecule has 1 aliphatic heterocycles. The van der Waals surface area contributed by atoms with Crippen LogP contribution >= 0.6 is 11.3 Å². The van der Waals surface area contributed by atoms with E-state index < -0.39 is 5.97 Å². The number of carboxylic acid groups (broad SMARTS) is 1. The van der Waals surface area contributed by atoms with Gasteiger partial charge in [-0.1, -0.05) is 6.92 Å². The molecule has 0 bridgehead atoms. The number of nitrogen functional groups attached to an aromatic ring is 1. The Balaban J connectivity index is 1.60. The molecule has 134 valence electrons. The van der Waals surface area contributed by atoms with Crippen LogP contribution in [0.1, 0.15) is 42.5 Å². The fourth-order valence-electron chi connectivity index (χ4n) is 4.27. The van der Waals surface area contributed by atoms with Crippen molar-refractivity contribution in [2.75, 3.05) is 18.8 Å². The van der Waals surface area contributed by atoms with Gasteiger partial charge in [0.25, 0.3) is 0 Å². The van der Waals surface area contributed by atoms with Crippen LogP contribution in [-0.2, 0) is 24.2 Å². The van der Waals surface area contributed by atoms with Gasteiger partial charge in [0, 0.05) is 18.0 Å². The fourth-order valence-corrected chi connectivity index (χ4v) is 5.56. The van der Waals surface area contributed by atoms with Gasteiger partial charge >= 0.3 is 5.97 Å². The maximum Gasteiger partial charge on any atom is 0.307 e. The number of rotatable bonds is 3. The maximum atomic E-state index is 11.4. The first-order valence-electron chi connectivity index (χ1n) is 9.03. The predicted octanol–water partition coefficient (Wildman–Crippen LogP) is 2.69. The molecule has 3 N–H and O–H groups in total. The lowest BCUT2D eigenvalue weighted by molar-refractivity contribution is -0.144. The van der Waals surface area contributed by atoms with Crippen LogP contribution in [0.2, 0.25) is 0 Å². The van der Waals surface area contributed by atoms with Crippen LogP contribution in [0.15, 0.2) is 0 Å². The number of aryl methyl sites for hydroxylation is 2. The second-order valence-corrected chi connectivity index (χ2v) is 8.57. The number of aliphatic carboxylic acids is 1. The standard InChI is InChI=1S/C18H24N4O2S/c1-10-6-11(18(23)24)8-22(7-10)9-14-20-16(19)15-12-4-2-3-5-13(12)25-17(15)21-14/h10-11H,2-9H2,1H3,(H,23,24)(H2,19,20,21). The van der Waals surface area contributed by atoms with Gasteiger partial charge in [0.2, 0.25) is 0 Å². The molecule has 0 saturated carbocycles. The topological polar surface area (TPSA) is 92.3 Å². The van der Waals surface area contributed by atoms with Gasteiger partial charge in [-0.2, -0.15) is 0 Å². The highest BCUT2D eigenvalue weighted by Crippen LogP contribution is 2.37. The highest BCUT2D eigenvalue weighted by atomic mass is 32.1. The second-order valence-electron chi connectivity index (χ2n) is 7.49. The van der Waals surface area contributed by atoms with Crippen molar-refractivity contribution in [2.24, 2.45) is 11.8 Å². The van der Waals surface area contributed by atoms with Crippen LogP contribution in [0.4, 0.5) is 5.82 Å². The molecule has 0 aromatic carbocycles. The largest absolute Gasteiger partial charge is 0.481 e. The van der Waals surface area contributed by atoms with Gasteiger partial charge < -0.3 is 10.8 Å². The van der Waals surface area contributed by atoms with E-state index in [2.05, 4.69) is 16.8 Å². The van der Waals surface area contributed by atoms with Crippen molar-refractivity contribution in [3.63, 3.8) is 0 Å². The number of hydrogen-bond donors (Lipinski definition) is 2. The second kappa shape index (κ2) is 6.53. The molecular formula is C18H24N4O2S. The fraction of sp³-hybridized carbons (Fsp3) is 0.611. The minimum absolute atomic E-state index is 0.307. The molecule has 2 atom stereocenters. The predicted molar refractivity (Wildman–Crippen MR) is 98.7 cm³/mol. The first kappa shape index (κ1) is 16.7. The Morgan fingerprint density at radius 1 is 1.32 bits per heavy atom. The van der Waals surface area contributed by atoms with Gasteiger partial charge in [-0.3, -0.25) is 9.69 Å². The summed E-state index contributed by atoms with van der Waals surface area (Å²) in [5, 5.41) is 10.4. The number of nitrogens with zero attached hydrogens (tertiary/aromatic N) is 3.